The molecule has 0 fully saturated rings. The van der Waals surface area contributed by atoms with Crippen LogP contribution in [0.1, 0.15) is 36.0 Å². The minimum Gasteiger partial charge on any atom is -0.481 e. The number of nitrogens with zero attached hydrogens (tertiary/aromatic N) is 1. The number of amides is 3. The van der Waals surface area contributed by atoms with Crippen LogP contribution in [0.15, 0.2) is 24.3 Å². The molecule has 0 spiro atoms. The zero-order valence-corrected chi connectivity index (χ0v) is 14.4. The van der Waals surface area contributed by atoms with Gasteiger partial charge in [0.05, 0.1) is 6.42 Å². The quantitative estimate of drug-likeness (QED) is 0.617. The molecule has 136 valence electrons. The third-order valence-electron chi connectivity index (χ3n) is 3.35. The molecular formula is C17H23N3O5. The normalized spacial score (nSPS) is 10.0. The van der Waals surface area contributed by atoms with Crippen molar-refractivity contribution in [2.75, 3.05) is 26.0 Å². The van der Waals surface area contributed by atoms with Gasteiger partial charge in [-0.25, -0.2) is 0 Å². The van der Waals surface area contributed by atoms with Gasteiger partial charge in [0.15, 0.2) is 0 Å². The minimum atomic E-state index is -0.981. The first-order valence-corrected chi connectivity index (χ1v) is 7.89. The highest BCUT2D eigenvalue weighted by molar-refractivity contribution is 5.96. The molecule has 0 aliphatic heterocycles. The van der Waals surface area contributed by atoms with E-state index in [0.29, 0.717) is 24.1 Å². The van der Waals surface area contributed by atoms with E-state index in [9.17, 15) is 19.2 Å². The third kappa shape index (κ3) is 7.96. The highest BCUT2D eigenvalue weighted by atomic mass is 16.4. The molecule has 0 aliphatic carbocycles. The fraction of sp³-hybridized carbons (Fsp3) is 0.412. The first kappa shape index (κ1) is 20.1. The summed E-state index contributed by atoms with van der Waals surface area (Å²) in [7, 11) is 3.34. The zero-order chi connectivity index (χ0) is 18.8. The van der Waals surface area contributed by atoms with Gasteiger partial charge in [0, 0.05) is 44.7 Å². The van der Waals surface area contributed by atoms with Crippen molar-refractivity contribution in [2.45, 2.75) is 25.7 Å². The van der Waals surface area contributed by atoms with Gasteiger partial charge in [-0.3, -0.25) is 19.2 Å². The van der Waals surface area contributed by atoms with E-state index in [2.05, 4.69) is 10.6 Å². The summed E-state index contributed by atoms with van der Waals surface area (Å²) in [5, 5.41) is 13.7. The maximum absolute atomic E-state index is 11.8. The summed E-state index contributed by atoms with van der Waals surface area (Å²) in [6.45, 7) is 0.0539. The van der Waals surface area contributed by atoms with Crippen molar-refractivity contribution >= 4 is 29.4 Å². The van der Waals surface area contributed by atoms with E-state index in [1.165, 1.54) is 4.90 Å². The van der Waals surface area contributed by atoms with Gasteiger partial charge in [-0.05, 0) is 30.7 Å². The molecule has 0 saturated carbocycles. The lowest BCUT2D eigenvalue weighted by atomic mass is 10.1. The van der Waals surface area contributed by atoms with Crippen molar-refractivity contribution in [3.63, 3.8) is 0 Å². The molecule has 1 aromatic carbocycles. The van der Waals surface area contributed by atoms with Crippen LogP contribution in [0.5, 0.6) is 0 Å². The minimum absolute atomic E-state index is 0.0222. The molecule has 3 amide bonds. The monoisotopic (exact) mass is 349 g/mol. The van der Waals surface area contributed by atoms with E-state index in [0.717, 1.165) is 0 Å². The van der Waals surface area contributed by atoms with Gasteiger partial charge < -0.3 is 20.6 Å². The number of nitrogens with one attached hydrogen (secondary N) is 2. The zero-order valence-electron chi connectivity index (χ0n) is 14.4. The van der Waals surface area contributed by atoms with Crippen molar-refractivity contribution in [1.29, 1.82) is 0 Å². The Kier molecular flexibility index (Phi) is 8.11. The first-order valence-electron chi connectivity index (χ1n) is 7.89. The van der Waals surface area contributed by atoms with Gasteiger partial charge in [-0.1, -0.05) is 0 Å². The Labute approximate surface area is 146 Å². The number of carbonyl (C=O) groups is 4. The summed E-state index contributed by atoms with van der Waals surface area (Å²) in [6, 6.07) is 6.27. The Balaban J connectivity index is 2.40. The number of hydrogen-bond acceptors (Lipinski definition) is 4. The maximum atomic E-state index is 11.8. The summed E-state index contributed by atoms with van der Waals surface area (Å²) < 4.78 is 0. The lowest BCUT2D eigenvalue weighted by Gasteiger charge is -2.10. The van der Waals surface area contributed by atoms with Crippen molar-refractivity contribution in [3.05, 3.63) is 29.8 Å². The topological polar surface area (TPSA) is 116 Å². The summed E-state index contributed by atoms with van der Waals surface area (Å²) in [4.78, 5) is 46.9. The molecule has 0 unspecified atom stereocenters. The van der Waals surface area contributed by atoms with Crippen LogP contribution < -0.4 is 10.6 Å². The molecule has 3 N–H and O–H groups in total. The van der Waals surface area contributed by atoms with Gasteiger partial charge in [0.2, 0.25) is 11.8 Å². The van der Waals surface area contributed by atoms with Gasteiger partial charge in [0.1, 0.15) is 0 Å². The SMILES string of the molecule is CN(C)C(=O)CCCC(=O)Nc1ccc(C(=O)NCCC(=O)O)cc1. The van der Waals surface area contributed by atoms with Crippen molar-refractivity contribution in [2.24, 2.45) is 0 Å². The van der Waals surface area contributed by atoms with Gasteiger partial charge in [-0.15, -0.1) is 0 Å². The van der Waals surface area contributed by atoms with Crippen LogP contribution in [-0.2, 0) is 14.4 Å². The second-order valence-electron chi connectivity index (χ2n) is 5.67. The van der Waals surface area contributed by atoms with Crippen LogP contribution >= 0.6 is 0 Å². The number of anilines is 1. The van der Waals surface area contributed by atoms with E-state index in [4.69, 9.17) is 5.11 Å². The number of benzene rings is 1. The van der Waals surface area contributed by atoms with Gasteiger partial charge in [-0.2, -0.15) is 0 Å². The van der Waals surface area contributed by atoms with Crippen LogP contribution in [0.25, 0.3) is 0 Å². The Morgan fingerprint density at radius 3 is 2.20 bits per heavy atom. The third-order valence-corrected chi connectivity index (χ3v) is 3.35. The number of rotatable bonds is 9. The Morgan fingerprint density at radius 1 is 1.00 bits per heavy atom. The van der Waals surface area contributed by atoms with E-state index >= 15 is 0 Å². The van der Waals surface area contributed by atoms with E-state index in [1.54, 1.807) is 38.4 Å². The second kappa shape index (κ2) is 10.1. The molecule has 0 aliphatic rings. The summed E-state index contributed by atoms with van der Waals surface area (Å²) in [6.07, 6.45) is 0.871. The molecule has 0 bridgehead atoms. The number of carboxylic acid groups (broad SMARTS) is 1. The summed E-state index contributed by atoms with van der Waals surface area (Å²) in [5.74, 6) is -1.58. The van der Waals surface area contributed by atoms with Gasteiger partial charge in [0.25, 0.3) is 5.91 Å². The van der Waals surface area contributed by atoms with E-state index in [1.807, 2.05) is 0 Å². The van der Waals surface area contributed by atoms with Crippen LogP contribution in [0.3, 0.4) is 0 Å². The van der Waals surface area contributed by atoms with E-state index in [-0.39, 0.29) is 37.1 Å². The predicted octanol–water partition coefficient (Wildman–Crippen LogP) is 1.09. The average molecular weight is 349 g/mol. The van der Waals surface area contributed by atoms with Crippen LogP contribution in [0.4, 0.5) is 5.69 Å². The summed E-state index contributed by atoms with van der Waals surface area (Å²) in [5.41, 5.74) is 0.922. The highest BCUT2D eigenvalue weighted by Crippen LogP contribution is 2.11. The molecule has 1 rings (SSSR count). The van der Waals surface area contributed by atoms with Crippen LogP contribution in [0, 0.1) is 0 Å². The Bertz CT molecular complexity index is 626. The number of carbonyl (C=O) groups excluding carboxylic acids is 3. The van der Waals surface area contributed by atoms with Crippen molar-refractivity contribution in [1.82, 2.24) is 10.2 Å². The van der Waals surface area contributed by atoms with Crippen molar-refractivity contribution < 1.29 is 24.3 Å². The fourth-order valence-corrected chi connectivity index (χ4v) is 1.94. The molecule has 0 radical (unpaired) electrons. The standard InChI is InChI=1S/C17H23N3O5/c1-20(2)15(22)5-3-4-14(21)19-13-8-6-12(7-9-13)17(25)18-11-10-16(23)24/h6-9H,3-5,10-11H2,1-2H3,(H,18,25)(H,19,21)(H,23,24). The molecule has 0 heterocycles. The molecule has 0 aromatic heterocycles. The van der Waals surface area contributed by atoms with E-state index < -0.39 is 5.97 Å². The van der Waals surface area contributed by atoms with Crippen LogP contribution in [0.2, 0.25) is 0 Å². The Morgan fingerprint density at radius 2 is 1.64 bits per heavy atom. The van der Waals surface area contributed by atoms with Gasteiger partial charge >= 0.3 is 5.97 Å². The smallest absolute Gasteiger partial charge is 0.305 e. The molecule has 8 heteroatoms. The maximum Gasteiger partial charge on any atom is 0.305 e. The lowest BCUT2D eigenvalue weighted by Crippen LogP contribution is -2.25. The Hall–Kier alpha value is -2.90. The lowest BCUT2D eigenvalue weighted by molar-refractivity contribution is -0.137. The first-order chi connectivity index (χ1) is 11.8. The molecule has 0 atom stereocenters. The highest BCUT2D eigenvalue weighted by Gasteiger charge is 2.09. The molecular weight excluding hydrogens is 326 g/mol. The van der Waals surface area contributed by atoms with Crippen LogP contribution in [-0.4, -0.2) is 54.3 Å². The fourth-order valence-electron chi connectivity index (χ4n) is 1.94. The average Bonchev–Trinajstić information content (AvgIpc) is 2.54. The summed E-state index contributed by atoms with van der Waals surface area (Å²) >= 11 is 0. The number of aliphatic carboxylic acids is 1. The number of carboxylic acids is 1. The molecule has 0 saturated heterocycles. The van der Waals surface area contributed by atoms with Crippen molar-refractivity contribution in [3.8, 4) is 0 Å². The molecule has 25 heavy (non-hydrogen) atoms. The molecule has 1 aromatic rings. The second-order valence-corrected chi connectivity index (χ2v) is 5.67. The largest absolute Gasteiger partial charge is 0.481 e. The number of hydrogen-bond donors (Lipinski definition) is 3. The predicted molar refractivity (Wildman–Crippen MR) is 92.2 cm³/mol. The molecule has 8 nitrogen and oxygen atoms in total.